The molecule has 1 aromatic carbocycles. The number of amides is 1. The van der Waals surface area contributed by atoms with Crippen LogP contribution in [0.3, 0.4) is 0 Å². The Labute approximate surface area is 127 Å². The van der Waals surface area contributed by atoms with Crippen molar-refractivity contribution in [2.75, 3.05) is 5.32 Å². The molecule has 1 aromatic heterocycles. The van der Waals surface area contributed by atoms with Crippen molar-refractivity contribution >= 4 is 11.6 Å². The Bertz CT molecular complexity index is 701. The molecule has 3 rings (SSSR count). The molecule has 1 aliphatic carbocycles. The first kappa shape index (κ1) is 14.6. The van der Waals surface area contributed by atoms with E-state index in [0.717, 1.165) is 16.8 Å². The minimum absolute atomic E-state index is 0.210. The zero-order chi connectivity index (χ0) is 15.7. The molecular weight excluding hydrogens is 286 g/mol. The lowest BCUT2D eigenvalue weighted by atomic mass is 9.80. The number of nitrogens with one attached hydrogen (secondary N) is 1. The third-order valence-electron chi connectivity index (χ3n) is 4.04. The van der Waals surface area contributed by atoms with Crippen LogP contribution in [0.4, 0.5) is 14.5 Å². The number of anilines is 1. The van der Waals surface area contributed by atoms with Crippen molar-refractivity contribution in [3.63, 3.8) is 0 Å². The van der Waals surface area contributed by atoms with Crippen molar-refractivity contribution in [3.05, 3.63) is 48.2 Å². The summed E-state index contributed by atoms with van der Waals surface area (Å²) in [5, 5.41) is 2.59. The van der Waals surface area contributed by atoms with E-state index in [0.29, 0.717) is 5.69 Å². The van der Waals surface area contributed by atoms with Gasteiger partial charge in [0.15, 0.2) is 0 Å². The van der Waals surface area contributed by atoms with E-state index >= 15 is 0 Å². The largest absolute Gasteiger partial charge is 0.326 e. The number of carbonyl (C=O) groups is 1. The molecule has 1 N–H and O–H groups in total. The van der Waals surface area contributed by atoms with Gasteiger partial charge in [0.05, 0.1) is 5.69 Å². The number of aryl methyl sites for hydroxylation is 1. The van der Waals surface area contributed by atoms with Crippen LogP contribution in [0.25, 0.3) is 11.3 Å². The Morgan fingerprint density at radius 1 is 1.32 bits per heavy atom. The first-order valence-electron chi connectivity index (χ1n) is 7.18. The molecule has 0 spiro atoms. The molecule has 1 aliphatic rings. The van der Waals surface area contributed by atoms with Gasteiger partial charge in [-0.2, -0.15) is 0 Å². The lowest BCUT2D eigenvalue weighted by Gasteiger charge is -2.34. The molecule has 2 aromatic rings. The van der Waals surface area contributed by atoms with E-state index in [9.17, 15) is 13.6 Å². The Balaban J connectivity index is 1.82. The van der Waals surface area contributed by atoms with Crippen LogP contribution in [-0.4, -0.2) is 16.8 Å². The van der Waals surface area contributed by atoms with Crippen LogP contribution >= 0.6 is 0 Å². The van der Waals surface area contributed by atoms with Gasteiger partial charge in [0.2, 0.25) is 5.91 Å². The average Bonchev–Trinajstić information content (AvgIpc) is 2.49. The van der Waals surface area contributed by atoms with Crippen molar-refractivity contribution in [2.45, 2.75) is 25.7 Å². The number of carbonyl (C=O) groups excluding carboxylic acids is 1. The molecule has 1 amide bonds. The molecule has 1 saturated carbocycles. The molecule has 0 unspecified atom stereocenters. The number of hydrogen-bond donors (Lipinski definition) is 1. The Morgan fingerprint density at radius 2 is 2.14 bits per heavy atom. The zero-order valence-electron chi connectivity index (χ0n) is 12.1. The van der Waals surface area contributed by atoms with Crippen LogP contribution in [0.1, 0.15) is 18.4 Å². The SMILES string of the molecule is Cc1ccc(NC(=O)[C@@H]2CCC2(F)F)cc1-c1ccccn1. The molecule has 5 heteroatoms. The second-order valence-corrected chi connectivity index (χ2v) is 5.59. The minimum Gasteiger partial charge on any atom is -0.326 e. The lowest BCUT2D eigenvalue weighted by Crippen LogP contribution is -2.46. The summed E-state index contributed by atoms with van der Waals surface area (Å²) in [5.74, 6) is -4.71. The monoisotopic (exact) mass is 302 g/mol. The van der Waals surface area contributed by atoms with Crippen LogP contribution in [-0.2, 0) is 4.79 Å². The molecule has 0 saturated heterocycles. The van der Waals surface area contributed by atoms with Crippen molar-refractivity contribution in [1.82, 2.24) is 4.98 Å². The predicted octanol–water partition coefficient (Wildman–Crippen LogP) is 4.04. The molecule has 22 heavy (non-hydrogen) atoms. The summed E-state index contributed by atoms with van der Waals surface area (Å²) in [6.45, 7) is 1.94. The van der Waals surface area contributed by atoms with E-state index in [-0.39, 0.29) is 12.8 Å². The highest BCUT2D eigenvalue weighted by Crippen LogP contribution is 2.43. The van der Waals surface area contributed by atoms with Gasteiger partial charge >= 0.3 is 0 Å². The smallest absolute Gasteiger partial charge is 0.259 e. The quantitative estimate of drug-likeness (QED) is 0.929. The summed E-state index contributed by atoms with van der Waals surface area (Å²) in [7, 11) is 0. The van der Waals surface area contributed by atoms with Crippen molar-refractivity contribution in [2.24, 2.45) is 5.92 Å². The fourth-order valence-electron chi connectivity index (χ4n) is 2.56. The molecule has 1 atom stereocenters. The Hall–Kier alpha value is -2.30. The Morgan fingerprint density at radius 3 is 2.73 bits per heavy atom. The maximum atomic E-state index is 13.3. The maximum Gasteiger partial charge on any atom is 0.259 e. The fourth-order valence-corrected chi connectivity index (χ4v) is 2.56. The van der Waals surface area contributed by atoms with Gasteiger partial charge in [-0.05, 0) is 43.2 Å². The van der Waals surface area contributed by atoms with E-state index < -0.39 is 17.7 Å². The topological polar surface area (TPSA) is 42.0 Å². The summed E-state index contributed by atoms with van der Waals surface area (Å²) >= 11 is 0. The number of halogens is 2. The first-order valence-corrected chi connectivity index (χ1v) is 7.18. The maximum absolute atomic E-state index is 13.3. The molecular formula is C17H16F2N2O. The van der Waals surface area contributed by atoms with Gasteiger partial charge in [-0.15, -0.1) is 0 Å². The standard InChI is InChI=1S/C17H16F2N2O/c1-11-5-6-12(10-13(11)15-4-2-3-9-20-15)21-16(22)14-7-8-17(14,18)19/h2-6,9-10,14H,7-8H2,1H3,(H,21,22)/t14-/m0/s1. The van der Waals surface area contributed by atoms with Crippen molar-refractivity contribution in [1.29, 1.82) is 0 Å². The molecule has 1 heterocycles. The third kappa shape index (κ3) is 2.71. The zero-order valence-corrected chi connectivity index (χ0v) is 12.1. The number of pyridine rings is 1. The summed E-state index contributed by atoms with van der Waals surface area (Å²) in [6, 6.07) is 10.9. The van der Waals surface area contributed by atoms with Crippen LogP contribution in [0.15, 0.2) is 42.6 Å². The first-order chi connectivity index (χ1) is 10.5. The van der Waals surface area contributed by atoms with Gasteiger partial charge in [-0.1, -0.05) is 12.1 Å². The number of benzene rings is 1. The number of alkyl halides is 2. The lowest BCUT2D eigenvalue weighted by molar-refractivity contribution is -0.157. The second kappa shape index (κ2) is 5.48. The van der Waals surface area contributed by atoms with E-state index in [1.54, 1.807) is 18.3 Å². The van der Waals surface area contributed by atoms with Crippen molar-refractivity contribution < 1.29 is 13.6 Å². The number of rotatable bonds is 3. The normalized spacial score (nSPS) is 19.3. The van der Waals surface area contributed by atoms with Crippen LogP contribution in [0.2, 0.25) is 0 Å². The molecule has 0 radical (unpaired) electrons. The summed E-state index contributed by atoms with van der Waals surface area (Å²) in [6.07, 6.45) is 1.71. The van der Waals surface area contributed by atoms with E-state index in [1.165, 1.54) is 0 Å². The van der Waals surface area contributed by atoms with Gasteiger partial charge < -0.3 is 5.32 Å². The highest BCUT2D eigenvalue weighted by Gasteiger charge is 2.52. The molecule has 114 valence electrons. The number of aromatic nitrogens is 1. The molecule has 0 aliphatic heterocycles. The number of nitrogens with zero attached hydrogens (tertiary/aromatic N) is 1. The summed E-state index contributed by atoms with van der Waals surface area (Å²) in [5.41, 5.74) is 3.17. The molecule has 0 bridgehead atoms. The van der Waals surface area contributed by atoms with Gasteiger partial charge in [-0.3, -0.25) is 9.78 Å². The van der Waals surface area contributed by atoms with Crippen molar-refractivity contribution in [3.8, 4) is 11.3 Å². The van der Waals surface area contributed by atoms with Gasteiger partial charge in [0.25, 0.3) is 5.92 Å². The average molecular weight is 302 g/mol. The van der Waals surface area contributed by atoms with E-state index in [1.807, 2.05) is 31.2 Å². The summed E-state index contributed by atoms with van der Waals surface area (Å²) < 4.78 is 26.6. The van der Waals surface area contributed by atoms with Gasteiger partial charge in [-0.25, -0.2) is 8.78 Å². The fraction of sp³-hybridized carbons (Fsp3) is 0.294. The van der Waals surface area contributed by atoms with Gasteiger partial charge in [0, 0.05) is 23.9 Å². The second-order valence-electron chi connectivity index (χ2n) is 5.59. The van der Waals surface area contributed by atoms with Crippen LogP contribution in [0, 0.1) is 12.8 Å². The Kier molecular flexibility index (Phi) is 3.64. The minimum atomic E-state index is -2.88. The third-order valence-corrected chi connectivity index (χ3v) is 4.04. The molecule has 3 nitrogen and oxygen atoms in total. The van der Waals surface area contributed by atoms with Gasteiger partial charge in [0.1, 0.15) is 5.92 Å². The highest BCUT2D eigenvalue weighted by molar-refractivity contribution is 5.94. The van der Waals surface area contributed by atoms with E-state index in [4.69, 9.17) is 0 Å². The predicted molar refractivity (Wildman–Crippen MR) is 80.7 cm³/mol. The van der Waals surface area contributed by atoms with Crippen LogP contribution < -0.4 is 5.32 Å². The summed E-state index contributed by atoms with van der Waals surface area (Å²) in [4.78, 5) is 16.2. The van der Waals surface area contributed by atoms with E-state index in [2.05, 4.69) is 10.3 Å². The van der Waals surface area contributed by atoms with Crippen LogP contribution in [0.5, 0.6) is 0 Å². The number of hydrogen-bond acceptors (Lipinski definition) is 2. The highest BCUT2D eigenvalue weighted by atomic mass is 19.3. The molecule has 1 fully saturated rings.